The molecule has 27 heavy (non-hydrogen) atoms. The number of nitrogens with zero attached hydrogens (tertiary/aromatic N) is 1. The lowest BCUT2D eigenvalue weighted by Crippen LogP contribution is -2.42. The van der Waals surface area contributed by atoms with Crippen LogP contribution in [0.25, 0.3) is 0 Å². The van der Waals surface area contributed by atoms with Crippen molar-refractivity contribution in [3.63, 3.8) is 0 Å². The summed E-state index contributed by atoms with van der Waals surface area (Å²) in [6.45, 7) is 8.77. The summed E-state index contributed by atoms with van der Waals surface area (Å²) in [6.07, 6.45) is 3.32. The maximum atomic E-state index is 12.8. The molecule has 3 rings (SSSR count). The summed E-state index contributed by atoms with van der Waals surface area (Å²) >= 11 is 0. The van der Waals surface area contributed by atoms with E-state index < -0.39 is 0 Å². The maximum Gasteiger partial charge on any atom is 0.255 e. The van der Waals surface area contributed by atoms with Gasteiger partial charge < -0.3 is 10.2 Å². The van der Waals surface area contributed by atoms with Gasteiger partial charge in [-0.1, -0.05) is 17.7 Å². The van der Waals surface area contributed by atoms with Gasteiger partial charge >= 0.3 is 0 Å². The van der Waals surface area contributed by atoms with Gasteiger partial charge in [-0.3, -0.25) is 9.59 Å². The average Bonchev–Trinajstić information content (AvgIpc) is 2.65. The second-order valence-corrected chi connectivity index (χ2v) is 7.65. The Balaban J connectivity index is 1.77. The highest BCUT2D eigenvalue weighted by atomic mass is 16.2. The topological polar surface area (TPSA) is 49.4 Å². The number of piperidine rings is 1. The van der Waals surface area contributed by atoms with Crippen LogP contribution >= 0.6 is 0 Å². The Bertz CT molecular complexity index is 873. The molecule has 0 saturated carbocycles. The van der Waals surface area contributed by atoms with Gasteiger partial charge in [0.05, 0.1) is 0 Å². The molecule has 0 radical (unpaired) electrons. The van der Waals surface area contributed by atoms with Gasteiger partial charge in [0.1, 0.15) is 0 Å². The number of rotatable bonds is 3. The SMILES string of the molecule is Cc1ccc(C)c(C(=O)Nc2ccc(C(=O)N3CCCCC3C)cc2C)c1. The van der Waals surface area contributed by atoms with Crippen molar-refractivity contribution in [2.45, 2.75) is 53.0 Å². The van der Waals surface area contributed by atoms with Crippen LogP contribution in [0.2, 0.25) is 0 Å². The monoisotopic (exact) mass is 364 g/mol. The molecule has 0 spiro atoms. The molecular weight excluding hydrogens is 336 g/mol. The number of amides is 2. The normalized spacial score (nSPS) is 16.9. The Kier molecular flexibility index (Phi) is 5.64. The number of carbonyl (C=O) groups excluding carboxylic acids is 2. The van der Waals surface area contributed by atoms with Crippen molar-refractivity contribution < 1.29 is 9.59 Å². The number of nitrogens with one attached hydrogen (secondary N) is 1. The molecule has 1 atom stereocenters. The van der Waals surface area contributed by atoms with Crippen molar-refractivity contribution in [3.05, 3.63) is 64.2 Å². The Hall–Kier alpha value is -2.62. The Morgan fingerprint density at radius 1 is 1.00 bits per heavy atom. The van der Waals surface area contributed by atoms with Crippen LogP contribution in [0.15, 0.2) is 36.4 Å². The third-order valence-electron chi connectivity index (χ3n) is 5.42. The molecule has 1 saturated heterocycles. The molecule has 1 fully saturated rings. The second-order valence-electron chi connectivity index (χ2n) is 7.65. The number of hydrogen-bond donors (Lipinski definition) is 1. The summed E-state index contributed by atoms with van der Waals surface area (Å²) in [6, 6.07) is 11.7. The van der Waals surface area contributed by atoms with E-state index in [1.807, 2.05) is 62.1 Å². The molecule has 1 unspecified atom stereocenters. The van der Waals surface area contributed by atoms with Crippen LogP contribution in [0.3, 0.4) is 0 Å². The molecule has 0 bridgehead atoms. The van der Waals surface area contributed by atoms with E-state index in [1.165, 1.54) is 6.42 Å². The Morgan fingerprint density at radius 3 is 2.48 bits per heavy atom. The van der Waals surface area contributed by atoms with E-state index in [2.05, 4.69) is 12.2 Å². The minimum Gasteiger partial charge on any atom is -0.336 e. The minimum atomic E-state index is -0.122. The van der Waals surface area contributed by atoms with Crippen molar-refractivity contribution in [2.24, 2.45) is 0 Å². The zero-order valence-corrected chi connectivity index (χ0v) is 16.6. The number of anilines is 1. The van der Waals surface area contributed by atoms with Gasteiger partial charge in [0.2, 0.25) is 0 Å². The van der Waals surface area contributed by atoms with Crippen molar-refractivity contribution in [2.75, 3.05) is 11.9 Å². The van der Waals surface area contributed by atoms with Crippen LogP contribution in [-0.2, 0) is 0 Å². The van der Waals surface area contributed by atoms with Gasteiger partial charge in [-0.05, 0) is 82.3 Å². The van der Waals surface area contributed by atoms with Crippen LogP contribution in [0.4, 0.5) is 5.69 Å². The standard InChI is InChI=1S/C23H28N2O2/c1-15-8-9-16(2)20(13-15)22(26)24-21-11-10-19(14-17(21)3)23(27)25-12-6-5-7-18(25)4/h8-11,13-14,18H,5-7,12H2,1-4H3,(H,24,26). The van der Waals surface area contributed by atoms with Crippen molar-refractivity contribution in [1.29, 1.82) is 0 Å². The predicted molar refractivity (Wildman–Crippen MR) is 109 cm³/mol. The lowest BCUT2D eigenvalue weighted by atomic mass is 10.0. The first kappa shape index (κ1) is 19.2. The van der Waals surface area contributed by atoms with Crippen molar-refractivity contribution >= 4 is 17.5 Å². The fraction of sp³-hybridized carbons (Fsp3) is 0.391. The van der Waals surface area contributed by atoms with Crippen LogP contribution in [-0.4, -0.2) is 29.3 Å². The third-order valence-corrected chi connectivity index (χ3v) is 5.42. The first-order valence-corrected chi connectivity index (χ1v) is 9.67. The highest BCUT2D eigenvalue weighted by Gasteiger charge is 2.24. The maximum absolute atomic E-state index is 12.8. The zero-order chi connectivity index (χ0) is 19.6. The van der Waals surface area contributed by atoms with Crippen molar-refractivity contribution in [1.82, 2.24) is 4.90 Å². The molecule has 0 aliphatic carbocycles. The number of likely N-dealkylation sites (tertiary alicyclic amines) is 1. The van der Waals surface area contributed by atoms with E-state index in [-0.39, 0.29) is 17.9 Å². The van der Waals surface area contributed by atoms with E-state index in [1.54, 1.807) is 0 Å². The molecule has 1 aliphatic heterocycles. The fourth-order valence-corrected chi connectivity index (χ4v) is 3.67. The van der Waals surface area contributed by atoms with Crippen LogP contribution in [0, 0.1) is 20.8 Å². The van der Waals surface area contributed by atoms with E-state index in [4.69, 9.17) is 0 Å². The second kappa shape index (κ2) is 7.95. The smallest absolute Gasteiger partial charge is 0.255 e. The molecule has 1 N–H and O–H groups in total. The van der Waals surface area contributed by atoms with Gasteiger partial charge in [-0.15, -0.1) is 0 Å². The molecule has 1 heterocycles. The molecule has 1 aliphatic rings. The number of aryl methyl sites for hydroxylation is 3. The highest BCUT2D eigenvalue weighted by molar-refractivity contribution is 6.06. The van der Waals surface area contributed by atoms with Gasteiger partial charge in [-0.25, -0.2) is 0 Å². The third kappa shape index (κ3) is 4.21. The quantitative estimate of drug-likeness (QED) is 0.844. The predicted octanol–water partition coefficient (Wildman–Crippen LogP) is 4.88. The van der Waals surface area contributed by atoms with Crippen molar-refractivity contribution in [3.8, 4) is 0 Å². The Morgan fingerprint density at radius 2 is 1.78 bits per heavy atom. The van der Waals surface area contributed by atoms with E-state index in [0.29, 0.717) is 11.1 Å². The zero-order valence-electron chi connectivity index (χ0n) is 16.6. The van der Waals surface area contributed by atoms with Gasteiger partial charge in [0, 0.05) is 29.4 Å². The summed E-state index contributed by atoms with van der Waals surface area (Å²) in [5, 5.41) is 2.99. The fourth-order valence-electron chi connectivity index (χ4n) is 3.67. The van der Waals surface area contributed by atoms with Crippen LogP contribution < -0.4 is 5.32 Å². The molecule has 0 aromatic heterocycles. The van der Waals surface area contributed by atoms with Crippen LogP contribution in [0.5, 0.6) is 0 Å². The lowest BCUT2D eigenvalue weighted by Gasteiger charge is -2.33. The average molecular weight is 364 g/mol. The summed E-state index contributed by atoms with van der Waals surface area (Å²) in [4.78, 5) is 27.5. The molecule has 142 valence electrons. The van der Waals surface area contributed by atoms with E-state index in [9.17, 15) is 9.59 Å². The lowest BCUT2D eigenvalue weighted by molar-refractivity contribution is 0.0635. The molecule has 4 nitrogen and oxygen atoms in total. The molecule has 2 amide bonds. The molecule has 4 heteroatoms. The van der Waals surface area contributed by atoms with Gasteiger partial charge in [0.15, 0.2) is 0 Å². The summed E-state index contributed by atoms with van der Waals surface area (Å²) in [7, 11) is 0. The molecular formula is C23H28N2O2. The summed E-state index contributed by atoms with van der Waals surface area (Å²) in [5.41, 5.74) is 5.00. The highest BCUT2D eigenvalue weighted by Crippen LogP contribution is 2.23. The summed E-state index contributed by atoms with van der Waals surface area (Å²) in [5.74, 6) is -0.0410. The minimum absolute atomic E-state index is 0.0812. The van der Waals surface area contributed by atoms with E-state index in [0.717, 1.165) is 41.8 Å². The Labute approximate surface area is 161 Å². The number of carbonyl (C=O) groups is 2. The van der Waals surface area contributed by atoms with Gasteiger partial charge in [-0.2, -0.15) is 0 Å². The molecule has 2 aromatic carbocycles. The first-order chi connectivity index (χ1) is 12.9. The van der Waals surface area contributed by atoms with Crippen LogP contribution in [0.1, 0.15) is 63.6 Å². The largest absolute Gasteiger partial charge is 0.336 e. The van der Waals surface area contributed by atoms with Gasteiger partial charge in [0.25, 0.3) is 11.8 Å². The summed E-state index contributed by atoms with van der Waals surface area (Å²) < 4.78 is 0. The van der Waals surface area contributed by atoms with E-state index >= 15 is 0 Å². The first-order valence-electron chi connectivity index (χ1n) is 9.67. The number of hydrogen-bond acceptors (Lipinski definition) is 2. The number of benzene rings is 2. The molecule has 2 aromatic rings.